The molecule has 20 heavy (non-hydrogen) atoms. The predicted molar refractivity (Wildman–Crippen MR) is 82.4 cm³/mol. The molecule has 1 heterocycles. The second kappa shape index (κ2) is 6.59. The van der Waals surface area contributed by atoms with Crippen molar-refractivity contribution in [2.24, 2.45) is 5.41 Å². The number of methoxy groups -OCH3 is 1. The van der Waals surface area contributed by atoms with E-state index in [2.05, 4.69) is 44.3 Å². The molecule has 0 amide bonds. The number of rotatable bonds is 6. The van der Waals surface area contributed by atoms with Gasteiger partial charge in [0.15, 0.2) is 0 Å². The molecule has 1 N–H and O–H groups in total. The van der Waals surface area contributed by atoms with Crippen molar-refractivity contribution in [1.82, 2.24) is 5.32 Å². The lowest BCUT2D eigenvalue weighted by molar-refractivity contribution is 0.0630. The molecule has 0 aromatic heterocycles. The second-order valence-corrected chi connectivity index (χ2v) is 5.90. The molecule has 2 rings (SSSR count). The largest absolute Gasteiger partial charge is 0.496 e. The summed E-state index contributed by atoms with van der Waals surface area (Å²) >= 11 is 0. The molecule has 1 saturated heterocycles. The lowest BCUT2D eigenvalue weighted by atomic mass is 9.76. The van der Waals surface area contributed by atoms with Gasteiger partial charge >= 0.3 is 0 Å². The maximum atomic E-state index is 5.86. The monoisotopic (exact) mass is 277 g/mol. The van der Waals surface area contributed by atoms with Crippen molar-refractivity contribution in [3.8, 4) is 5.75 Å². The minimum Gasteiger partial charge on any atom is -0.496 e. The number of ether oxygens (including phenoxy) is 2. The van der Waals surface area contributed by atoms with Crippen LogP contribution in [0, 0.1) is 12.3 Å². The minimum atomic E-state index is 0.178. The predicted octanol–water partition coefficient (Wildman–Crippen LogP) is 2.95. The highest BCUT2D eigenvalue weighted by molar-refractivity contribution is 5.38. The maximum absolute atomic E-state index is 5.86. The van der Waals surface area contributed by atoms with E-state index in [0.29, 0.717) is 0 Å². The van der Waals surface area contributed by atoms with Crippen molar-refractivity contribution >= 4 is 0 Å². The quantitative estimate of drug-likeness (QED) is 0.867. The van der Waals surface area contributed by atoms with Crippen LogP contribution in [0.4, 0.5) is 0 Å². The summed E-state index contributed by atoms with van der Waals surface area (Å²) in [6.45, 7) is 9.35. The van der Waals surface area contributed by atoms with Gasteiger partial charge in [-0.25, -0.2) is 0 Å². The van der Waals surface area contributed by atoms with Gasteiger partial charge < -0.3 is 14.8 Å². The first-order chi connectivity index (χ1) is 9.61. The number of hydrogen-bond acceptors (Lipinski definition) is 3. The molecule has 112 valence electrons. The molecule has 2 unspecified atom stereocenters. The molecule has 1 aliphatic heterocycles. The first kappa shape index (κ1) is 15.3. The van der Waals surface area contributed by atoms with Crippen LogP contribution in [0.5, 0.6) is 5.75 Å². The zero-order valence-electron chi connectivity index (χ0n) is 13.2. The molecule has 0 saturated carbocycles. The average Bonchev–Trinajstić information content (AvgIpc) is 2.78. The van der Waals surface area contributed by atoms with Gasteiger partial charge in [-0.3, -0.25) is 0 Å². The number of hydrogen-bond donors (Lipinski definition) is 1. The van der Waals surface area contributed by atoms with Gasteiger partial charge in [0.05, 0.1) is 13.2 Å². The average molecular weight is 277 g/mol. The first-order valence-electron chi connectivity index (χ1n) is 7.57. The van der Waals surface area contributed by atoms with Crippen molar-refractivity contribution in [1.29, 1.82) is 0 Å². The van der Waals surface area contributed by atoms with Crippen molar-refractivity contribution in [3.05, 3.63) is 29.3 Å². The Morgan fingerprint density at radius 2 is 2.25 bits per heavy atom. The van der Waals surface area contributed by atoms with E-state index in [0.717, 1.165) is 38.3 Å². The molecule has 3 nitrogen and oxygen atoms in total. The fraction of sp³-hybridized carbons (Fsp3) is 0.647. The standard InChI is InChI=1S/C17H27NO2/c1-5-18-12-17(8-9-20-14(17)3)11-15-10-13(2)6-7-16(15)19-4/h6-7,10,14,18H,5,8-9,11-12H2,1-4H3. The van der Waals surface area contributed by atoms with Gasteiger partial charge in [0, 0.05) is 18.6 Å². The van der Waals surface area contributed by atoms with Crippen molar-refractivity contribution in [2.75, 3.05) is 26.8 Å². The van der Waals surface area contributed by atoms with E-state index in [-0.39, 0.29) is 11.5 Å². The fourth-order valence-electron chi connectivity index (χ4n) is 3.14. The molecular weight excluding hydrogens is 250 g/mol. The summed E-state index contributed by atoms with van der Waals surface area (Å²) in [5.41, 5.74) is 2.76. The molecule has 0 spiro atoms. The van der Waals surface area contributed by atoms with E-state index in [1.54, 1.807) is 7.11 Å². The maximum Gasteiger partial charge on any atom is 0.122 e. The van der Waals surface area contributed by atoms with Crippen molar-refractivity contribution < 1.29 is 9.47 Å². The summed E-state index contributed by atoms with van der Waals surface area (Å²) < 4.78 is 11.4. The van der Waals surface area contributed by atoms with Crippen LogP contribution in [0.2, 0.25) is 0 Å². The van der Waals surface area contributed by atoms with Crippen molar-refractivity contribution in [2.45, 2.75) is 39.7 Å². The Labute approximate surface area is 122 Å². The molecule has 0 aliphatic carbocycles. The lowest BCUT2D eigenvalue weighted by Gasteiger charge is -2.33. The van der Waals surface area contributed by atoms with Crippen LogP contribution in [-0.2, 0) is 11.2 Å². The third-order valence-electron chi connectivity index (χ3n) is 4.54. The van der Waals surface area contributed by atoms with E-state index in [9.17, 15) is 0 Å². The molecule has 0 radical (unpaired) electrons. The number of aryl methyl sites for hydroxylation is 1. The Morgan fingerprint density at radius 3 is 2.85 bits per heavy atom. The second-order valence-electron chi connectivity index (χ2n) is 5.90. The third-order valence-corrected chi connectivity index (χ3v) is 4.54. The van der Waals surface area contributed by atoms with E-state index >= 15 is 0 Å². The van der Waals surface area contributed by atoms with Gasteiger partial charge in [-0.1, -0.05) is 24.6 Å². The highest BCUT2D eigenvalue weighted by Gasteiger charge is 2.41. The minimum absolute atomic E-state index is 0.178. The van der Waals surface area contributed by atoms with Gasteiger partial charge in [-0.15, -0.1) is 0 Å². The van der Waals surface area contributed by atoms with Crippen LogP contribution >= 0.6 is 0 Å². The zero-order valence-corrected chi connectivity index (χ0v) is 13.2. The van der Waals surface area contributed by atoms with E-state index < -0.39 is 0 Å². The summed E-state index contributed by atoms with van der Waals surface area (Å²) in [4.78, 5) is 0. The van der Waals surface area contributed by atoms with Crippen LogP contribution in [0.3, 0.4) is 0 Å². The normalized spacial score (nSPS) is 25.9. The van der Waals surface area contributed by atoms with Crippen LogP contribution in [-0.4, -0.2) is 32.9 Å². The molecule has 1 aliphatic rings. The van der Waals surface area contributed by atoms with Gasteiger partial charge in [-0.2, -0.15) is 0 Å². The lowest BCUT2D eigenvalue weighted by Crippen LogP contribution is -2.41. The Balaban J connectivity index is 2.25. The van der Waals surface area contributed by atoms with Gasteiger partial charge in [0.2, 0.25) is 0 Å². The van der Waals surface area contributed by atoms with Crippen LogP contribution < -0.4 is 10.1 Å². The molecule has 1 aromatic carbocycles. The number of nitrogens with one attached hydrogen (secondary N) is 1. The zero-order chi connectivity index (χ0) is 14.6. The summed E-state index contributed by atoms with van der Waals surface area (Å²) in [5, 5.41) is 3.51. The summed E-state index contributed by atoms with van der Waals surface area (Å²) in [7, 11) is 1.75. The van der Waals surface area contributed by atoms with E-state index in [1.165, 1.54) is 11.1 Å². The number of benzene rings is 1. The topological polar surface area (TPSA) is 30.5 Å². The summed E-state index contributed by atoms with van der Waals surface area (Å²) in [6.07, 6.45) is 2.40. The third kappa shape index (κ3) is 3.15. The molecular formula is C17H27NO2. The molecule has 3 heteroatoms. The van der Waals surface area contributed by atoms with Crippen LogP contribution in [0.1, 0.15) is 31.4 Å². The highest BCUT2D eigenvalue weighted by atomic mass is 16.5. The van der Waals surface area contributed by atoms with E-state index in [1.807, 2.05) is 0 Å². The van der Waals surface area contributed by atoms with Gasteiger partial charge in [0.1, 0.15) is 5.75 Å². The Morgan fingerprint density at radius 1 is 1.45 bits per heavy atom. The molecule has 0 bridgehead atoms. The first-order valence-corrected chi connectivity index (χ1v) is 7.57. The molecule has 2 atom stereocenters. The Kier molecular flexibility index (Phi) is 5.06. The SMILES string of the molecule is CCNCC1(Cc2cc(C)ccc2OC)CCOC1C. The summed E-state index contributed by atoms with van der Waals surface area (Å²) in [5.74, 6) is 0.991. The molecule has 1 fully saturated rings. The molecule has 1 aromatic rings. The van der Waals surface area contributed by atoms with E-state index in [4.69, 9.17) is 9.47 Å². The fourth-order valence-corrected chi connectivity index (χ4v) is 3.14. The van der Waals surface area contributed by atoms with Gasteiger partial charge in [0.25, 0.3) is 0 Å². The van der Waals surface area contributed by atoms with Gasteiger partial charge in [-0.05, 0) is 44.9 Å². The highest BCUT2D eigenvalue weighted by Crippen LogP contribution is 2.39. The van der Waals surface area contributed by atoms with Crippen LogP contribution in [0.25, 0.3) is 0 Å². The van der Waals surface area contributed by atoms with Crippen molar-refractivity contribution in [3.63, 3.8) is 0 Å². The smallest absolute Gasteiger partial charge is 0.122 e. The summed E-state index contributed by atoms with van der Waals surface area (Å²) in [6, 6.07) is 6.43. The van der Waals surface area contributed by atoms with Crippen LogP contribution in [0.15, 0.2) is 18.2 Å². The Bertz CT molecular complexity index is 447. The Hall–Kier alpha value is -1.06.